The molecule has 0 aliphatic rings. The number of carboxylic acid groups (broad SMARTS) is 2. The Morgan fingerprint density at radius 2 is 1.31 bits per heavy atom. The molecule has 0 spiro atoms. The number of nitrogens with one attached hydrogen (secondary N) is 9. The molecule has 2 heterocycles. The quantitative estimate of drug-likeness (QED) is 0.00775. The van der Waals surface area contributed by atoms with Gasteiger partial charge in [-0.15, -0.1) is 0 Å². The van der Waals surface area contributed by atoms with Gasteiger partial charge in [0.25, 0.3) is 5.69 Å². The number of nitro groups is 1. The van der Waals surface area contributed by atoms with Gasteiger partial charge in [-0.3, -0.25) is 53.5 Å². The molecule has 19 N–H and O–H groups in total. The van der Waals surface area contributed by atoms with E-state index in [-0.39, 0.29) is 68.7 Å². The number of para-hydroxylation sites is 1. The van der Waals surface area contributed by atoms with Crippen LogP contribution in [0.1, 0.15) is 68.2 Å². The number of non-ortho nitro benzene ring substituents is 1. The molecule has 0 bridgehead atoms. The van der Waals surface area contributed by atoms with Crippen molar-refractivity contribution in [3.8, 4) is 0 Å². The highest BCUT2D eigenvalue weighted by Gasteiger charge is 2.34. The molecule has 2 aromatic heterocycles. The molecule has 0 saturated carbocycles. The molecule has 0 saturated heterocycles. The average molecular weight is 1140 g/mol. The molecule has 0 unspecified atom stereocenters. The zero-order chi connectivity index (χ0) is 58.7. The van der Waals surface area contributed by atoms with Crippen molar-refractivity contribution in [2.24, 2.45) is 27.9 Å². The van der Waals surface area contributed by atoms with Gasteiger partial charge in [0.05, 0.1) is 23.8 Å². The van der Waals surface area contributed by atoms with Gasteiger partial charge in [-0.05, 0) is 80.7 Å². The number of aromatic nitrogens is 3. The minimum Gasteiger partial charge on any atom is -0.481 e. The molecular formula is C50H70N16O13S. The van der Waals surface area contributed by atoms with Gasteiger partial charge in [0, 0.05) is 73.4 Å². The lowest BCUT2D eigenvalue weighted by Gasteiger charge is -2.27. The molecule has 0 fully saturated rings. The Hall–Kier alpha value is -8.64. The number of carbonyl (C=O) groups excluding carboxylic acids is 7. The van der Waals surface area contributed by atoms with Gasteiger partial charge in [0.1, 0.15) is 36.3 Å². The van der Waals surface area contributed by atoms with Crippen LogP contribution in [0.5, 0.6) is 0 Å². The number of carboxylic acids is 2. The molecule has 2 aromatic carbocycles. The maximum absolute atomic E-state index is 14.7. The third-order valence-electron chi connectivity index (χ3n) is 12.4. The van der Waals surface area contributed by atoms with Crippen molar-refractivity contribution < 1.29 is 58.3 Å². The summed E-state index contributed by atoms with van der Waals surface area (Å²) in [5.74, 6) is -8.67. The number of guanidine groups is 1. The van der Waals surface area contributed by atoms with Crippen molar-refractivity contribution in [2.45, 2.75) is 113 Å². The number of aliphatic imine (C=N–C) groups is 1. The number of carbonyl (C=O) groups is 9. The minimum absolute atomic E-state index is 0.0322. The summed E-state index contributed by atoms with van der Waals surface area (Å²) < 4.78 is 0. The largest absolute Gasteiger partial charge is 0.481 e. The van der Waals surface area contributed by atoms with E-state index in [1.54, 1.807) is 36.7 Å². The van der Waals surface area contributed by atoms with Gasteiger partial charge in [-0.25, -0.2) is 9.78 Å². The van der Waals surface area contributed by atoms with E-state index in [9.17, 15) is 63.5 Å². The maximum atomic E-state index is 14.7. The van der Waals surface area contributed by atoms with Crippen molar-refractivity contribution >= 4 is 87.6 Å². The first-order valence-electron chi connectivity index (χ1n) is 25.5. The maximum Gasteiger partial charge on any atom is 0.326 e. The number of hydrogen-bond acceptors (Lipinski definition) is 16. The normalized spacial score (nSPS) is 13.6. The Bertz CT molecular complexity index is 2770. The highest BCUT2D eigenvalue weighted by atomic mass is 32.2. The van der Waals surface area contributed by atoms with Crippen LogP contribution in [0.15, 0.2) is 72.2 Å². The van der Waals surface area contributed by atoms with Gasteiger partial charge in [0.15, 0.2) is 5.96 Å². The molecule has 4 rings (SSSR count). The number of aliphatic carboxylic acids is 2. The molecule has 29 nitrogen and oxygen atoms in total. The van der Waals surface area contributed by atoms with Crippen LogP contribution in [0.25, 0.3) is 10.9 Å². The van der Waals surface area contributed by atoms with Crippen LogP contribution in [-0.4, -0.2) is 163 Å². The Balaban J connectivity index is 1.69. The van der Waals surface area contributed by atoms with E-state index in [1.165, 1.54) is 48.6 Å². The molecule has 0 radical (unpaired) electrons. The van der Waals surface area contributed by atoms with Crippen molar-refractivity contribution in [1.82, 2.24) is 52.2 Å². The Morgan fingerprint density at radius 1 is 0.713 bits per heavy atom. The molecule has 4 aromatic rings. The second kappa shape index (κ2) is 32.9. The van der Waals surface area contributed by atoms with E-state index in [4.69, 9.17) is 22.9 Å². The number of hydrogen-bond donors (Lipinski definition) is 15. The number of H-pyrrole nitrogens is 2. The van der Waals surface area contributed by atoms with Crippen LogP contribution in [0.3, 0.4) is 0 Å². The molecule has 30 heteroatoms. The second-order valence-electron chi connectivity index (χ2n) is 18.5. The van der Waals surface area contributed by atoms with Crippen LogP contribution < -0.4 is 60.2 Å². The Labute approximate surface area is 463 Å². The lowest BCUT2D eigenvalue weighted by molar-refractivity contribution is -0.384. The predicted molar refractivity (Wildman–Crippen MR) is 294 cm³/mol. The molecular weight excluding hydrogens is 1060 g/mol. The van der Waals surface area contributed by atoms with Gasteiger partial charge in [0.2, 0.25) is 41.4 Å². The minimum atomic E-state index is -1.62. The summed E-state index contributed by atoms with van der Waals surface area (Å²) in [7, 11) is 0. The number of fused-ring (bicyclic) bond motifs is 1. The van der Waals surface area contributed by atoms with E-state index in [1.807, 2.05) is 0 Å². The average Bonchev–Trinajstić information content (AvgIpc) is 4.13. The smallest absolute Gasteiger partial charge is 0.326 e. The SMILES string of the molecule is CSCC[C@H](N)C(=O)N[C@@H](CCC(=O)O)C(=O)N[C@@H](Cc1cnc[nH]1)C(=O)N[C@H](Cc1ccc([N+](=O)[O-])cc1)C(=O)N[C@@H](CCCN=C(N)N)C(=O)N[C@@H](Cc1c[nH]c2ccccc12)C(=O)NCC(=O)N[C@@H](CCCCN)C(=O)O. The first-order chi connectivity index (χ1) is 38.2. The third kappa shape index (κ3) is 21.6. The molecule has 434 valence electrons. The number of unbranched alkanes of at least 4 members (excludes halogenated alkanes) is 1. The number of imidazole rings is 1. The van der Waals surface area contributed by atoms with Crippen molar-refractivity contribution in [3.63, 3.8) is 0 Å². The number of nitrogens with two attached hydrogens (primary N) is 4. The number of aromatic amines is 2. The summed E-state index contributed by atoms with van der Waals surface area (Å²) >= 11 is 1.43. The standard InChI is InChI=1S/C50H70N16O13S/c1-80-20-17-33(52)43(70)61-36(15-16-42(68)69)46(73)65-40(23-30-25-55-27-59-30)48(75)63-38(21-28-11-13-31(14-12-28)66(78)79)47(74)62-35(10-6-19-56-50(53)54)45(72)64-39(22-29-24-57-34-8-3-2-7-32(29)34)44(71)58-26-41(67)60-37(49(76)77)9-4-5-18-51/h2-3,7-8,11-14,24-25,27,33,35-40,57H,4-6,9-10,15-23,26,51-52H2,1H3,(H,55,59)(H,58,71)(H,60,67)(H,61,70)(H,62,74)(H,63,75)(H,64,72)(H,65,73)(H,68,69)(H,76,77)(H4,53,54,56)/t33-,35-,36-,37-,38+,39-,40-/m0/s1. The number of thioether (sulfide) groups is 1. The first kappa shape index (κ1) is 63.9. The van der Waals surface area contributed by atoms with Crippen molar-refractivity contribution in [2.75, 3.05) is 31.6 Å². The first-order valence-corrected chi connectivity index (χ1v) is 26.9. The second-order valence-corrected chi connectivity index (χ2v) is 19.5. The number of nitro benzene ring substituents is 1. The van der Waals surface area contributed by atoms with Gasteiger partial charge < -0.3 is 80.3 Å². The summed E-state index contributed by atoms with van der Waals surface area (Å²) in [5, 5.41) is 49.2. The molecule has 80 heavy (non-hydrogen) atoms. The summed E-state index contributed by atoms with van der Waals surface area (Å²) in [6, 6.07) is 2.17. The third-order valence-corrected chi connectivity index (χ3v) is 13.0. The Kier molecular flexibility index (Phi) is 26.3. The lowest BCUT2D eigenvalue weighted by atomic mass is 10.0. The van der Waals surface area contributed by atoms with E-state index in [0.29, 0.717) is 47.3 Å². The zero-order valence-electron chi connectivity index (χ0n) is 43.9. The van der Waals surface area contributed by atoms with Gasteiger partial charge in [-0.2, -0.15) is 11.8 Å². The summed E-state index contributed by atoms with van der Waals surface area (Å²) in [6.45, 7) is -0.404. The molecule has 7 amide bonds. The summed E-state index contributed by atoms with van der Waals surface area (Å²) in [6.07, 6.45) is 5.42. The number of benzene rings is 2. The fourth-order valence-electron chi connectivity index (χ4n) is 8.09. The Morgan fingerprint density at radius 3 is 1.91 bits per heavy atom. The van der Waals surface area contributed by atoms with Crippen molar-refractivity contribution in [1.29, 1.82) is 0 Å². The van der Waals surface area contributed by atoms with Crippen LogP contribution in [0, 0.1) is 10.1 Å². The molecule has 7 atom stereocenters. The summed E-state index contributed by atoms with van der Waals surface area (Å²) in [4.78, 5) is 146. The van der Waals surface area contributed by atoms with E-state index >= 15 is 0 Å². The monoisotopic (exact) mass is 1130 g/mol. The van der Waals surface area contributed by atoms with E-state index < -0.39 is 120 Å². The van der Waals surface area contributed by atoms with Gasteiger partial charge in [-0.1, -0.05) is 30.3 Å². The number of amides is 7. The summed E-state index contributed by atoms with van der Waals surface area (Å²) in [5.41, 5.74) is 24.3. The predicted octanol–water partition coefficient (Wildman–Crippen LogP) is -1.94. The van der Waals surface area contributed by atoms with E-state index in [2.05, 4.69) is 57.2 Å². The topological polar surface area (TPSA) is 482 Å². The van der Waals surface area contributed by atoms with Crippen LogP contribution in [-0.2, 0) is 62.4 Å². The van der Waals surface area contributed by atoms with Crippen LogP contribution >= 0.6 is 11.8 Å². The molecule has 0 aliphatic heterocycles. The zero-order valence-corrected chi connectivity index (χ0v) is 44.8. The molecule has 0 aliphatic carbocycles. The fourth-order valence-corrected chi connectivity index (χ4v) is 8.58. The van der Waals surface area contributed by atoms with Crippen molar-refractivity contribution in [3.05, 3.63) is 94.2 Å². The highest BCUT2D eigenvalue weighted by Crippen LogP contribution is 2.20. The van der Waals surface area contributed by atoms with Crippen LogP contribution in [0.2, 0.25) is 0 Å². The lowest BCUT2D eigenvalue weighted by Crippen LogP contribution is -2.60. The van der Waals surface area contributed by atoms with Crippen LogP contribution in [0.4, 0.5) is 5.69 Å². The van der Waals surface area contributed by atoms with E-state index in [0.717, 1.165) is 0 Å². The number of rotatable bonds is 36. The van der Waals surface area contributed by atoms with Gasteiger partial charge >= 0.3 is 11.9 Å². The number of nitrogens with zero attached hydrogens (tertiary/aromatic N) is 3. The highest BCUT2D eigenvalue weighted by molar-refractivity contribution is 7.98. The fraction of sp³-hybridized carbons (Fsp3) is 0.460.